The fourth-order valence-corrected chi connectivity index (χ4v) is 7.76. The Labute approximate surface area is 394 Å². The number of ether oxygens (including phenoxy) is 2. The highest BCUT2D eigenvalue weighted by Gasteiger charge is 2.21. The predicted molar refractivity (Wildman–Crippen MR) is 268 cm³/mol. The van der Waals surface area contributed by atoms with Crippen LogP contribution >= 0.6 is 7.82 Å². The molecule has 0 saturated carbocycles. The lowest BCUT2D eigenvalue weighted by Crippen LogP contribution is -2.37. The molecule has 0 amide bonds. The zero-order chi connectivity index (χ0) is 47.1. The molecule has 0 aliphatic carbocycles. The van der Waals surface area contributed by atoms with Gasteiger partial charge in [-0.15, -0.1) is 0 Å². The second-order valence-corrected chi connectivity index (χ2v) is 19.9. The van der Waals surface area contributed by atoms with Crippen molar-refractivity contribution in [3.63, 3.8) is 0 Å². The maximum atomic E-state index is 12.7. The Bertz CT molecular complexity index is 1270. The summed E-state index contributed by atoms with van der Waals surface area (Å²) < 4.78 is 34.0. The van der Waals surface area contributed by atoms with Gasteiger partial charge in [-0.25, -0.2) is 0 Å². The number of likely N-dealkylation sites (N-methyl/N-ethyl adjacent to an activating group) is 1. The number of allylic oxidation sites excluding steroid dienone is 10. The standard InChI is InChI=1S/C54H98NO8P/c1-6-8-10-12-14-16-18-20-22-24-26-27-29-30-32-34-36-38-40-42-44-46-53(56)60-50-52(51-62-64(58,59)61-49-48-55(3,4)5)63-54(57)47-45-43-41-39-37-35-33-31-28-25-23-21-19-17-15-13-11-9-7-2/h9,11,15,17,21,23,28,31,35,37,52H,6-8,10,12-14,16,18-20,22,24-27,29-30,32-34,36,38-51H2,1-5H3/b11-9+,17-15+,23-21+,31-28+,37-35+/t52-/m1/s1. The monoisotopic (exact) mass is 920 g/mol. The van der Waals surface area contributed by atoms with Crippen LogP contribution in [-0.2, 0) is 32.7 Å². The molecule has 10 heteroatoms. The zero-order valence-corrected chi connectivity index (χ0v) is 42.9. The van der Waals surface area contributed by atoms with Gasteiger partial charge in [0.15, 0.2) is 6.10 Å². The third kappa shape index (κ3) is 49.2. The molecule has 0 heterocycles. The number of rotatable bonds is 47. The molecule has 0 N–H and O–H groups in total. The Morgan fingerprint density at radius 2 is 0.891 bits per heavy atom. The predicted octanol–water partition coefficient (Wildman–Crippen LogP) is 15.0. The zero-order valence-electron chi connectivity index (χ0n) is 42.0. The van der Waals surface area contributed by atoms with E-state index >= 15 is 0 Å². The van der Waals surface area contributed by atoms with Crippen molar-refractivity contribution in [2.45, 2.75) is 225 Å². The van der Waals surface area contributed by atoms with Crippen molar-refractivity contribution in [2.24, 2.45) is 0 Å². The molecule has 64 heavy (non-hydrogen) atoms. The van der Waals surface area contributed by atoms with Crippen LogP contribution in [0.3, 0.4) is 0 Å². The topological polar surface area (TPSA) is 111 Å². The molecule has 0 aromatic carbocycles. The highest BCUT2D eigenvalue weighted by molar-refractivity contribution is 7.45. The molecular weight excluding hydrogens is 822 g/mol. The van der Waals surface area contributed by atoms with Gasteiger partial charge < -0.3 is 27.9 Å². The first-order valence-corrected chi connectivity index (χ1v) is 27.5. The lowest BCUT2D eigenvalue weighted by Gasteiger charge is -2.28. The number of phosphoric acid groups is 1. The fourth-order valence-electron chi connectivity index (χ4n) is 7.04. The highest BCUT2D eigenvalue weighted by Crippen LogP contribution is 2.38. The molecule has 0 rings (SSSR count). The van der Waals surface area contributed by atoms with E-state index in [-0.39, 0.29) is 26.1 Å². The van der Waals surface area contributed by atoms with E-state index in [2.05, 4.69) is 74.6 Å². The number of hydrogen-bond acceptors (Lipinski definition) is 8. The number of nitrogens with zero attached hydrogens (tertiary/aromatic N) is 1. The number of unbranched alkanes of at least 4 members (excludes halogenated alkanes) is 23. The molecule has 1 unspecified atom stereocenters. The highest BCUT2D eigenvalue weighted by atomic mass is 31.2. The molecule has 0 radical (unpaired) electrons. The van der Waals surface area contributed by atoms with Crippen LogP contribution in [0.15, 0.2) is 60.8 Å². The van der Waals surface area contributed by atoms with Gasteiger partial charge in [0.05, 0.1) is 27.7 Å². The van der Waals surface area contributed by atoms with E-state index in [1.165, 1.54) is 116 Å². The minimum Gasteiger partial charge on any atom is -0.756 e. The maximum absolute atomic E-state index is 12.7. The molecule has 0 spiro atoms. The summed E-state index contributed by atoms with van der Waals surface area (Å²) in [6.45, 7) is 4.10. The summed E-state index contributed by atoms with van der Waals surface area (Å²) >= 11 is 0. The summed E-state index contributed by atoms with van der Waals surface area (Å²) in [6.07, 6.45) is 56.8. The Morgan fingerprint density at radius 1 is 0.500 bits per heavy atom. The molecule has 0 aromatic heterocycles. The van der Waals surface area contributed by atoms with Gasteiger partial charge in [0.2, 0.25) is 0 Å². The molecule has 0 aliphatic heterocycles. The van der Waals surface area contributed by atoms with Gasteiger partial charge in [-0.1, -0.05) is 209 Å². The van der Waals surface area contributed by atoms with Gasteiger partial charge in [-0.2, -0.15) is 0 Å². The molecule has 0 bridgehead atoms. The maximum Gasteiger partial charge on any atom is 0.306 e. The van der Waals surface area contributed by atoms with Crippen LogP contribution in [0.1, 0.15) is 219 Å². The van der Waals surface area contributed by atoms with Gasteiger partial charge >= 0.3 is 11.9 Å². The fraction of sp³-hybridized carbons (Fsp3) is 0.778. The number of carbonyl (C=O) groups excluding carboxylic acids is 2. The van der Waals surface area contributed by atoms with Crippen molar-refractivity contribution in [3.8, 4) is 0 Å². The summed E-state index contributed by atoms with van der Waals surface area (Å²) in [6, 6.07) is 0. The van der Waals surface area contributed by atoms with Crippen molar-refractivity contribution >= 4 is 19.8 Å². The van der Waals surface area contributed by atoms with E-state index < -0.39 is 32.5 Å². The van der Waals surface area contributed by atoms with E-state index in [4.69, 9.17) is 18.5 Å². The van der Waals surface area contributed by atoms with Crippen molar-refractivity contribution in [1.82, 2.24) is 0 Å². The Kier molecular flexibility index (Phi) is 44.2. The third-order valence-corrected chi connectivity index (χ3v) is 12.0. The minimum absolute atomic E-state index is 0.0388. The first-order valence-electron chi connectivity index (χ1n) is 26.0. The van der Waals surface area contributed by atoms with Crippen LogP contribution in [0.4, 0.5) is 0 Å². The number of quaternary nitrogens is 1. The summed E-state index contributed by atoms with van der Waals surface area (Å²) in [5.74, 6) is -0.867. The van der Waals surface area contributed by atoms with Gasteiger partial charge in [-0.05, 0) is 57.8 Å². The SMILES string of the molecule is CC/C=C/C/C=C/C/C=C/C/C=C/C/C=C/CCCCCC(=O)O[C@H](COC(=O)CCCCCCCCCCCCCCCCCCCCCCC)COP(=O)([O-])OCC[N+](C)(C)C. The van der Waals surface area contributed by atoms with E-state index in [1.807, 2.05) is 21.1 Å². The van der Waals surface area contributed by atoms with Crippen LogP contribution in [0.5, 0.6) is 0 Å². The van der Waals surface area contributed by atoms with Gasteiger partial charge in [0.1, 0.15) is 19.8 Å². The number of phosphoric ester groups is 1. The smallest absolute Gasteiger partial charge is 0.306 e. The van der Waals surface area contributed by atoms with E-state index in [0.717, 1.165) is 70.6 Å². The average molecular weight is 920 g/mol. The summed E-state index contributed by atoms with van der Waals surface area (Å²) in [5, 5.41) is 0. The van der Waals surface area contributed by atoms with Gasteiger partial charge in [0.25, 0.3) is 7.82 Å². The van der Waals surface area contributed by atoms with E-state index in [1.54, 1.807) is 0 Å². The quantitative estimate of drug-likeness (QED) is 0.0195. The van der Waals surface area contributed by atoms with Crippen molar-refractivity contribution in [2.75, 3.05) is 47.5 Å². The minimum atomic E-state index is -4.64. The first kappa shape index (κ1) is 61.7. The molecule has 9 nitrogen and oxygen atoms in total. The third-order valence-electron chi connectivity index (χ3n) is 11.1. The average Bonchev–Trinajstić information content (AvgIpc) is 3.25. The van der Waals surface area contributed by atoms with Crippen molar-refractivity contribution in [3.05, 3.63) is 60.8 Å². The molecule has 0 aliphatic rings. The van der Waals surface area contributed by atoms with Crippen molar-refractivity contribution in [1.29, 1.82) is 0 Å². The van der Waals surface area contributed by atoms with Crippen LogP contribution in [0, 0.1) is 0 Å². The largest absolute Gasteiger partial charge is 0.756 e. The Morgan fingerprint density at radius 3 is 1.33 bits per heavy atom. The molecule has 2 atom stereocenters. The Balaban J connectivity index is 4.28. The van der Waals surface area contributed by atoms with E-state index in [0.29, 0.717) is 17.4 Å². The van der Waals surface area contributed by atoms with Crippen molar-refractivity contribution < 1.29 is 42.1 Å². The normalized spacial score (nSPS) is 13.9. The second-order valence-electron chi connectivity index (χ2n) is 18.5. The summed E-state index contributed by atoms with van der Waals surface area (Å²) in [4.78, 5) is 37.7. The molecule has 0 fully saturated rings. The van der Waals surface area contributed by atoms with Crippen LogP contribution in [0.2, 0.25) is 0 Å². The lowest BCUT2D eigenvalue weighted by molar-refractivity contribution is -0.870. The summed E-state index contributed by atoms with van der Waals surface area (Å²) in [7, 11) is 1.14. The van der Waals surface area contributed by atoms with Crippen LogP contribution in [-0.4, -0.2) is 70.0 Å². The molecular formula is C54H98NO8P. The van der Waals surface area contributed by atoms with Gasteiger partial charge in [0, 0.05) is 12.8 Å². The van der Waals surface area contributed by atoms with Crippen LogP contribution in [0.25, 0.3) is 0 Å². The first-order chi connectivity index (χ1) is 31.0. The second kappa shape index (κ2) is 45.8. The number of hydrogen-bond donors (Lipinski definition) is 0. The molecule has 0 aromatic rings. The van der Waals surface area contributed by atoms with Gasteiger partial charge in [-0.3, -0.25) is 14.2 Å². The van der Waals surface area contributed by atoms with E-state index in [9.17, 15) is 19.0 Å². The summed E-state index contributed by atoms with van der Waals surface area (Å²) in [5.41, 5.74) is 0. The van der Waals surface area contributed by atoms with Crippen LogP contribution < -0.4 is 4.89 Å². The molecule has 0 saturated heterocycles. The Hall–Kier alpha value is -2.29. The number of esters is 2. The number of carbonyl (C=O) groups is 2. The molecule has 372 valence electrons. The lowest BCUT2D eigenvalue weighted by atomic mass is 10.0.